The molecule has 0 spiro atoms. The quantitative estimate of drug-likeness (QED) is 0.753. The van der Waals surface area contributed by atoms with Gasteiger partial charge in [-0.1, -0.05) is 0 Å². The van der Waals surface area contributed by atoms with Crippen LogP contribution in [0, 0.1) is 0 Å². The van der Waals surface area contributed by atoms with Gasteiger partial charge < -0.3 is 14.4 Å². The number of pyridine rings is 1. The highest BCUT2D eigenvalue weighted by molar-refractivity contribution is 5.88. The third kappa shape index (κ3) is 2.93. The lowest BCUT2D eigenvalue weighted by Gasteiger charge is -2.09. The molecule has 16 heavy (non-hydrogen) atoms. The molecule has 0 fully saturated rings. The summed E-state index contributed by atoms with van der Waals surface area (Å²) >= 11 is 0. The van der Waals surface area contributed by atoms with Crippen molar-refractivity contribution in [1.29, 1.82) is 0 Å². The Kier molecular flexibility index (Phi) is 4.25. The van der Waals surface area contributed by atoms with Gasteiger partial charge >= 0.3 is 5.97 Å². The number of carbonyl (C=O) groups excluding carboxylic acids is 1. The second-order valence-electron chi connectivity index (χ2n) is 3.45. The van der Waals surface area contributed by atoms with Gasteiger partial charge in [0.05, 0.1) is 19.3 Å². The average Bonchev–Trinajstić information content (AvgIpc) is 2.21. The Bertz CT molecular complexity index is 422. The maximum absolute atomic E-state index is 11.8. The van der Waals surface area contributed by atoms with E-state index in [2.05, 4.69) is 0 Å². The van der Waals surface area contributed by atoms with E-state index >= 15 is 0 Å². The van der Waals surface area contributed by atoms with Crippen molar-refractivity contribution in [2.75, 3.05) is 6.61 Å². The van der Waals surface area contributed by atoms with E-state index in [1.807, 2.05) is 0 Å². The van der Waals surface area contributed by atoms with Gasteiger partial charge in [0, 0.05) is 6.20 Å². The molecule has 0 unspecified atom stereocenters. The van der Waals surface area contributed by atoms with Gasteiger partial charge in [0.25, 0.3) is 5.56 Å². The second-order valence-corrected chi connectivity index (χ2v) is 3.45. The molecule has 1 heterocycles. The molecule has 0 amide bonds. The molecule has 1 atom stereocenters. The zero-order valence-corrected chi connectivity index (χ0v) is 9.34. The van der Waals surface area contributed by atoms with E-state index in [0.717, 1.165) is 0 Å². The van der Waals surface area contributed by atoms with Crippen LogP contribution in [-0.2, 0) is 11.3 Å². The van der Waals surface area contributed by atoms with E-state index in [1.54, 1.807) is 19.9 Å². The third-order valence-corrected chi connectivity index (χ3v) is 1.98. The van der Waals surface area contributed by atoms with E-state index < -0.39 is 17.6 Å². The number of ether oxygens (including phenoxy) is 1. The summed E-state index contributed by atoms with van der Waals surface area (Å²) in [5.74, 6) is -0.632. The van der Waals surface area contributed by atoms with Crippen LogP contribution in [-0.4, -0.2) is 28.4 Å². The Balaban J connectivity index is 3.04. The predicted molar refractivity (Wildman–Crippen MR) is 58.3 cm³/mol. The minimum atomic E-state index is -0.643. The second kappa shape index (κ2) is 5.46. The Labute approximate surface area is 93.3 Å². The summed E-state index contributed by atoms with van der Waals surface area (Å²) in [5, 5.41) is 9.19. The summed E-state index contributed by atoms with van der Waals surface area (Å²) in [5.41, 5.74) is -0.452. The Morgan fingerprint density at radius 1 is 1.62 bits per heavy atom. The monoisotopic (exact) mass is 225 g/mol. The van der Waals surface area contributed by atoms with Crippen LogP contribution < -0.4 is 5.56 Å². The number of nitrogens with zero attached hydrogens (tertiary/aromatic N) is 1. The molecule has 1 aromatic rings. The van der Waals surface area contributed by atoms with Gasteiger partial charge in [-0.2, -0.15) is 0 Å². The van der Waals surface area contributed by atoms with Crippen LogP contribution in [0.3, 0.4) is 0 Å². The minimum Gasteiger partial charge on any atom is -0.462 e. The lowest BCUT2D eigenvalue weighted by atomic mass is 10.2. The predicted octanol–water partition coefficient (Wildman–Crippen LogP) is 0.406. The fraction of sp³-hybridized carbons (Fsp3) is 0.455. The third-order valence-electron chi connectivity index (χ3n) is 1.98. The van der Waals surface area contributed by atoms with Gasteiger partial charge in [0.1, 0.15) is 5.56 Å². The summed E-state index contributed by atoms with van der Waals surface area (Å²) in [6.45, 7) is 3.63. The van der Waals surface area contributed by atoms with Crippen LogP contribution in [0.4, 0.5) is 0 Å². The first-order chi connectivity index (χ1) is 7.56. The topological polar surface area (TPSA) is 68.5 Å². The molecule has 5 nitrogen and oxygen atoms in total. The number of aliphatic hydroxyl groups is 1. The van der Waals surface area contributed by atoms with Crippen LogP contribution in [0.15, 0.2) is 23.1 Å². The molecule has 0 bridgehead atoms. The number of hydrogen-bond acceptors (Lipinski definition) is 4. The molecular weight excluding hydrogens is 210 g/mol. The van der Waals surface area contributed by atoms with Gasteiger partial charge in [0.15, 0.2) is 0 Å². The number of rotatable bonds is 4. The average molecular weight is 225 g/mol. The van der Waals surface area contributed by atoms with E-state index in [1.165, 1.54) is 16.8 Å². The largest absolute Gasteiger partial charge is 0.462 e. The van der Waals surface area contributed by atoms with Crippen LogP contribution in [0.25, 0.3) is 0 Å². The van der Waals surface area contributed by atoms with Gasteiger partial charge in [0.2, 0.25) is 0 Å². The zero-order valence-electron chi connectivity index (χ0n) is 9.34. The van der Waals surface area contributed by atoms with Crippen molar-refractivity contribution in [3.8, 4) is 0 Å². The van der Waals surface area contributed by atoms with Crippen molar-refractivity contribution in [3.63, 3.8) is 0 Å². The SMILES string of the molecule is CCOC(=O)c1cccn(C[C@@H](C)O)c1=O. The highest BCUT2D eigenvalue weighted by atomic mass is 16.5. The van der Waals surface area contributed by atoms with Crippen molar-refractivity contribution in [2.45, 2.75) is 26.5 Å². The van der Waals surface area contributed by atoms with E-state index in [-0.39, 0.29) is 18.7 Å². The van der Waals surface area contributed by atoms with E-state index in [9.17, 15) is 14.7 Å². The number of esters is 1. The molecule has 0 radical (unpaired) electrons. The maximum Gasteiger partial charge on any atom is 0.343 e. The minimum absolute atomic E-state index is 0.00926. The first-order valence-electron chi connectivity index (χ1n) is 5.11. The summed E-state index contributed by atoms with van der Waals surface area (Å²) in [6, 6.07) is 2.99. The number of aromatic nitrogens is 1. The Morgan fingerprint density at radius 3 is 2.88 bits per heavy atom. The Morgan fingerprint density at radius 2 is 2.31 bits per heavy atom. The molecule has 0 aliphatic rings. The summed E-state index contributed by atoms with van der Waals surface area (Å²) < 4.78 is 6.04. The first-order valence-corrected chi connectivity index (χ1v) is 5.11. The normalized spacial score (nSPS) is 12.2. The Hall–Kier alpha value is -1.62. The van der Waals surface area contributed by atoms with E-state index in [4.69, 9.17) is 4.74 Å². The molecule has 0 aliphatic heterocycles. The maximum atomic E-state index is 11.8. The summed E-state index contributed by atoms with van der Waals surface area (Å²) in [6.07, 6.45) is 0.882. The molecule has 5 heteroatoms. The number of aliphatic hydroxyl groups excluding tert-OH is 1. The van der Waals surface area contributed by atoms with Crippen LogP contribution in [0.5, 0.6) is 0 Å². The fourth-order valence-electron chi connectivity index (χ4n) is 1.33. The molecule has 0 saturated carbocycles. The molecule has 0 aliphatic carbocycles. The zero-order chi connectivity index (χ0) is 12.1. The van der Waals surface area contributed by atoms with Crippen molar-refractivity contribution in [3.05, 3.63) is 34.2 Å². The van der Waals surface area contributed by atoms with Crippen molar-refractivity contribution in [1.82, 2.24) is 4.57 Å². The van der Waals surface area contributed by atoms with Crippen molar-refractivity contribution >= 4 is 5.97 Å². The van der Waals surface area contributed by atoms with Crippen molar-refractivity contribution < 1.29 is 14.6 Å². The van der Waals surface area contributed by atoms with Crippen molar-refractivity contribution in [2.24, 2.45) is 0 Å². The molecule has 1 N–H and O–H groups in total. The lowest BCUT2D eigenvalue weighted by molar-refractivity contribution is 0.0522. The standard InChI is InChI=1S/C11H15NO4/c1-3-16-11(15)9-5-4-6-12(10(9)14)7-8(2)13/h4-6,8,13H,3,7H2,1-2H3/t8-/m1/s1. The fourth-order valence-corrected chi connectivity index (χ4v) is 1.33. The van der Waals surface area contributed by atoms with Gasteiger partial charge in [-0.3, -0.25) is 4.79 Å². The van der Waals surface area contributed by atoms with Gasteiger partial charge in [-0.05, 0) is 26.0 Å². The smallest absolute Gasteiger partial charge is 0.343 e. The van der Waals surface area contributed by atoms with Gasteiger partial charge in [-0.15, -0.1) is 0 Å². The number of carbonyl (C=O) groups is 1. The number of hydrogen-bond donors (Lipinski definition) is 1. The highest BCUT2D eigenvalue weighted by Gasteiger charge is 2.13. The molecule has 1 rings (SSSR count). The van der Waals surface area contributed by atoms with E-state index in [0.29, 0.717) is 0 Å². The summed E-state index contributed by atoms with van der Waals surface area (Å²) in [7, 11) is 0. The van der Waals surface area contributed by atoms with Crippen LogP contribution in [0.2, 0.25) is 0 Å². The van der Waals surface area contributed by atoms with Crippen LogP contribution >= 0.6 is 0 Å². The lowest BCUT2D eigenvalue weighted by Crippen LogP contribution is -2.29. The highest BCUT2D eigenvalue weighted by Crippen LogP contribution is 1.97. The molecule has 0 saturated heterocycles. The molecular formula is C11H15NO4. The van der Waals surface area contributed by atoms with Crippen LogP contribution in [0.1, 0.15) is 24.2 Å². The molecule has 88 valence electrons. The molecule has 1 aromatic heterocycles. The summed E-state index contributed by atoms with van der Waals surface area (Å²) in [4.78, 5) is 23.2. The first kappa shape index (κ1) is 12.4. The van der Waals surface area contributed by atoms with Gasteiger partial charge in [-0.25, -0.2) is 4.79 Å². The molecule has 0 aromatic carbocycles.